The van der Waals surface area contributed by atoms with Crippen LogP contribution < -0.4 is 5.32 Å². The van der Waals surface area contributed by atoms with Crippen molar-refractivity contribution in [2.75, 3.05) is 5.32 Å². The van der Waals surface area contributed by atoms with Gasteiger partial charge in [-0.15, -0.1) is 11.3 Å². The number of nitrogens with zero attached hydrogens (tertiary/aromatic N) is 2. The number of para-hydroxylation sites is 2. The van der Waals surface area contributed by atoms with Crippen molar-refractivity contribution in [3.8, 4) is 11.3 Å². The minimum atomic E-state index is -0.105. The van der Waals surface area contributed by atoms with Crippen LogP contribution in [0.5, 0.6) is 0 Å². The fourth-order valence-corrected chi connectivity index (χ4v) is 3.07. The van der Waals surface area contributed by atoms with Gasteiger partial charge in [0.15, 0.2) is 0 Å². The summed E-state index contributed by atoms with van der Waals surface area (Å²) < 4.78 is 0. The molecule has 0 aliphatic carbocycles. The molecule has 4 aromatic rings. The van der Waals surface area contributed by atoms with Crippen LogP contribution in [0, 0.1) is 0 Å². The van der Waals surface area contributed by atoms with Crippen LogP contribution >= 0.6 is 11.3 Å². The normalized spacial score (nSPS) is 10.7. The lowest BCUT2D eigenvalue weighted by Gasteiger charge is -2.07. The van der Waals surface area contributed by atoms with E-state index in [9.17, 15) is 4.79 Å². The molecule has 2 aromatic heterocycles. The van der Waals surface area contributed by atoms with Crippen LogP contribution in [0.25, 0.3) is 22.3 Å². The predicted molar refractivity (Wildman–Crippen MR) is 97.2 cm³/mol. The molecule has 0 fully saturated rings. The fraction of sp³-hybridized carbons (Fsp3) is 0. The molecular formula is C19H13N3OS. The highest BCUT2D eigenvalue weighted by atomic mass is 32.1. The summed E-state index contributed by atoms with van der Waals surface area (Å²) in [6.07, 6.45) is 1.75. The molecule has 116 valence electrons. The number of rotatable bonds is 3. The molecule has 0 saturated carbocycles. The summed E-state index contributed by atoms with van der Waals surface area (Å²) in [6, 6.07) is 19.1. The molecule has 5 heteroatoms. The molecule has 24 heavy (non-hydrogen) atoms. The standard InChI is InChI=1S/C19H13N3OS/c23-19(18-9-4-10-24-18)21-14-6-3-5-13(11-14)17-12-20-15-7-1-2-8-16(15)22-17/h1-12H,(H,21,23). The summed E-state index contributed by atoms with van der Waals surface area (Å²) in [6.45, 7) is 0. The Balaban J connectivity index is 1.65. The Morgan fingerprint density at radius 3 is 2.67 bits per heavy atom. The van der Waals surface area contributed by atoms with Gasteiger partial charge >= 0.3 is 0 Å². The van der Waals surface area contributed by atoms with Gasteiger partial charge in [0, 0.05) is 11.3 Å². The molecule has 0 bridgehead atoms. The highest BCUT2D eigenvalue weighted by molar-refractivity contribution is 7.12. The molecule has 0 aliphatic rings. The van der Waals surface area contributed by atoms with Crippen molar-refractivity contribution in [2.45, 2.75) is 0 Å². The molecule has 0 aliphatic heterocycles. The number of hydrogen-bond donors (Lipinski definition) is 1. The summed E-state index contributed by atoms with van der Waals surface area (Å²) in [5.41, 5.74) is 4.14. The Labute approximate surface area is 142 Å². The van der Waals surface area contributed by atoms with Crippen molar-refractivity contribution in [3.63, 3.8) is 0 Å². The molecule has 2 heterocycles. The summed E-state index contributed by atoms with van der Waals surface area (Å²) >= 11 is 1.42. The minimum absolute atomic E-state index is 0.105. The Morgan fingerprint density at radius 2 is 1.83 bits per heavy atom. The van der Waals surface area contributed by atoms with Gasteiger partial charge in [-0.2, -0.15) is 0 Å². The average Bonchev–Trinajstić information content (AvgIpc) is 3.16. The molecule has 4 nitrogen and oxygen atoms in total. The van der Waals surface area contributed by atoms with Crippen molar-refractivity contribution in [1.82, 2.24) is 9.97 Å². The Bertz CT molecular complexity index is 1010. The predicted octanol–water partition coefficient (Wildman–Crippen LogP) is 4.61. The zero-order chi connectivity index (χ0) is 16.4. The molecule has 1 N–H and O–H groups in total. The first-order chi connectivity index (χ1) is 11.8. The number of thiophene rings is 1. The SMILES string of the molecule is O=C(Nc1cccc(-c2cnc3ccccc3n2)c1)c1cccs1. The van der Waals surface area contributed by atoms with Gasteiger partial charge in [-0.25, -0.2) is 4.98 Å². The molecule has 0 atom stereocenters. The van der Waals surface area contributed by atoms with Gasteiger partial charge in [0.2, 0.25) is 0 Å². The Hall–Kier alpha value is -3.05. The summed E-state index contributed by atoms with van der Waals surface area (Å²) in [7, 11) is 0. The van der Waals surface area contributed by atoms with Crippen molar-refractivity contribution < 1.29 is 4.79 Å². The van der Waals surface area contributed by atoms with E-state index in [2.05, 4.69) is 15.3 Å². The van der Waals surface area contributed by atoms with E-state index in [0.717, 1.165) is 28.0 Å². The van der Waals surface area contributed by atoms with E-state index in [-0.39, 0.29) is 5.91 Å². The van der Waals surface area contributed by atoms with Crippen LogP contribution in [0.3, 0.4) is 0 Å². The molecule has 2 aromatic carbocycles. The number of anilines is 1. The first-order valence-corrected chi connectivity index (χ1v) is 8.35. The van der Waals surface area contributed by atoms with E-state index in [1.807, 2.05) is 60.0 Å². The second-order valence-electron chi connectivity index (χ2n) is 5.26. The van der Waals surface area contributed by atoms with Crippen LogP contribution in [-0.4, -0.2) is 15.9 Å². The van der Waals surface area contributed by atoms with Gasteiger partial charge in [-0.3, -0.25) is 9.78 Å². The Morgan fingerprint density at radius 1 is 0.958 bits per heavy atom. The van der Waals surface area contributed by atoms with Crippen molar-refractivity contribution in [2.24, 2.45) is 0 Å². The van der Waals surface area contributed by atoms with Crippen LogP contribution in [-0.2, 0) is 0 Å². The number of carbonyl (C=O) groups is 1. The first kappa shape index (κ1) is 14.5. The van der Waals surface area contributed by atoms with Crippen LogP contribution in [0.2, 0.25) is 0 Å². The molecule has 0 radical (unpaired) electrons. The smallest absolute Gasteiger partial charge is 0.265 e. The van der Waals surface area contributed by atoms with Crippen LogP contribution in [0.4, 0.5) is 5.69 Å². The number of fused-ring (bicyclic) bond motifs is 1. The van der Waals surface area contributed by atoms with Gasteiger partial charge in [0.1, 0.15) is 0 Å². The average molecular weight is 331 g/mol. The van der Waals surface area contributed by atoms with Gasteiger partial charge in [0.25, 0.3) is 5.91 Å². The lowest BCUT2D eigenvalue weighted by molar-refractivity contribution is 0.103. The number of carbonyl (C=O) groups excluding carboxylic acids is 1. The largest absolute Gasteiger partial charge is 0.321 e. The lowest BCUT2D eigenvalue weighted by atomic mass is 10.1. The monoisotopic (exact) mass is 331 g/mol. The van der Waals surface area contributed by atoms with Gasteiger partial charge in [-0.1, -0.05) is 30.3 Å². The third-order valence-electron chi connectivity index (χ3n) is 3.61. The number of hydrogen-bond acceptors (Lipinski definition) is 4. The van der Waals surface area contributed by atoms with Gasteiger partial charge in [-0.05, 0) is 35.7 Å². The van der Waals surface area contributed by atoms with E-state index in [4.69, 9.17) is 0 Å². The molecule has 0 spiro atoms. The van der Waals surface area contributed by atoms with Gasteiger partial charge in [0.05, 0.1) is 27.8 Å². The maximum absolute atomic E-state index is 12.2. The molecule has 0 unspecified atom stereocenters. The number of aromatic nitrogens is 2. The summed E-state index contributed by atoms with van der Waals surface area (Å²) in [5.74, 6) is -0.105. The highest BCUT2D eigenvalue weighted by Crippen LogP contribution is 2.23. The van der Waals surface area contributed by atoms with Crippen molar-refractivity contribution in [1.29, 1.82) is 0 Å². The number of benzene rings is 2. The fourth-order valence-electron chi connectivity index (χ4n) is 2.45. The van der Waals surface area contributed by atoms with Crippen LogP contribution in [0.15, 0.2) is 72.2 Å². The van der Waals surface area contributed by atoms with Crippen molar-refractivity contribution >= 4 is 34.0 Å². The topological polar surface area (TPSA) is 54.9 Å². The van der Waals surface area contributed by atoms with E-state index < -0.39 is 0 Å². The lowest BCUT2D eigenvalue weighted by Crippen LogP contribution is -2.09. The molecule has 0 saturated heterocycles. The van der Waals surface area contributed by atoms with Gasteiger partial charge < -0.3 is 5.32 Å². The molecule has 4 rings (SSSR count). The zero-order valence-electron chi connectivity index (χ0n) is 12.6. The number of amides is 1. The van der Waals surface area contributed by atoms with E-state index in [0.29, 0.717) is 4.88 Å². The maximum atomic E-state index is 12.2. The highest BCUT2D eigenvalue weighted by Gasteiger charge is 2.08. The zero-order valence-corrected chi connectivity index (χ0v) is 13.5. The third-order valence-corrected chi connectivity index (χ3v) is 4.48. The Kier molecular flexibility index (Phi) is 3.76. The first-order valence-electron chi connectivity index (χ1n) is 7.47. The molecule has 1 amide bonds. The second-order valence-corrected chi connectivity index (χ2v) is 6.20. The second kappa shape index (κ2) is 6.22. The summed E-state index contributed by atoms with van der Waals surface area (Å²) in [5, 5.41) is 4.80. The molecular weight excluding hydrogens is 318 g/mol. The minimum Gasteiger partial charge on any atom is -0.321 e. The van der Waals surface area contributed by atoms with E-state index >= 15 is 0 Å². The van der Waals surface area contributed by atoms with E-state index in [1.165, 1.54) is 11.3 Å². The van der Waals surface area contributed by atoms with Crippen molar-refractivity contribution in [3.05, 3.63) is 77.1 Å². The quantitative estimate of drug-likeness (QED) is 0.596. The summed E-state index contributed by atoms with van der Waals surface area (Å²) in [4.78, 5) is 21.9. The van der Waals surface area contributed by atoms with E-state index in [1.54, 1.807) is 12.3 Å². The third kappa shape index (κ3) is 2.89. The van der Waals surface area contributed by atoms with Crippen LogP contribution in [0.1, 0.15) is 9.67 Å². The number of nitrogens with one attached hydrogen (secondary N) is 1. The maximum Gasteiger partial charge on any atom is 0.265 e.